The number of hydrogen-bond acceptors (Lipinski definition) is 4. The molecule has 1 aromatic rings. The van der Waals surface area contributed by atoms with Crippen molar-refractivity contribution in [2.24, 2.45) is 5.73 Å². The number of amidine groups is 1. The average Bonchev–Trinajstić information content (AvgIpc) is 3.31. The van der Waals surface area contributed by atoms with Crippen LogP contribution >= 0.6 is 0 Å². The quantitative estimate of drug-likeness (QED) is 0.337. The van der Waals surface area contributed by atoms with Crippen LogP contribution in [0.25, 0.3) is 0 Å². The zero-order valence-electron chi connectivity index (χ0n) is 13.8. The molecule has 0 saturated heterocycles. The van der Waals surface area contributed by atoms with Gasteiger partial charge in [0.05, 0.1) is 0 Å². The Morgan fingerprint density at radius 2 is 1.68 bits per heavy atom. The largest absolute Gasteiger partial charge is 0.481 e. The first-order chi connectivity index (χ1) is 11.8. The van der Waals surface area contributed by atoms with Crippen molar-refractivity contribution in [1.82, 2.24) is 5.32 Å². The Hall–Kier alpha value is -2.90. The van der Waals surface area contributed by atoms with Crippen LogP contribution in [0, 0.1) is 5.41 Å². The van der Waals surface area contributed by atoms with E-state index in [0.717, 1.165) is 12.8 Å². The van der Waals surface area contributed by atoms with Gasteiger partial charge in [0.2, 0.25) is 11.8 Å². The van der Waals surface area contributed by atoms with E-state index in [9.17, 15) is 14.4 Å². The summed E-state index contributed by atoms with van der Waals surface area (Å²) in [5.74, 6) is -1.46. The van der Waals surface area contributed by atoms with Crippen LogP contribution < -0.4 is 16.4 Å². The van der Waals surface area contributed by atoms with Crippen molar-refractivity contribution in [3.63, 3.8) is 0 Å². The Labute approximate surface area is 145 Å². The van der Waals surface area contributed by atoms with Gasteiger partial charge in [-0.3, -0.25) is 19.8 Å². The van der Waals surface area contributed by atoms with Crippen LogP contribution in [-0.2, 0) is 14.4 Å². The number of carbonyl (C=O) groups excluding carboxylic acids is 2. The second kappa shape index (κ2) is 7.78. The number of nitrogens with one attached hydrogen (secondary N) is 3. The number of aliphatic carboxylic acids is 1. The number of anilines is 1. The Morgan fingerprint density at radius 1 is 1.08 bits per heavy atom. The summed E-state index contributed by atoms with van der Waals surface area (Å²) in [7, 11) is 0. The van der Waals surface area contributed by atoms with Gasteiger partial charge < -0.3 is 21.5 Å². The molecule has 0 aliphatic heterocycles. The number of benzene rings is 1. The molecule has 1 aliphatic rings. The highest BCUT2D eigenvalue weighted by atomic mass is 16.4. The predicted molar refractivity (Wildman–Crippen MR) is 92.3 cm³/mol. The molecule has 0 spiro atoms. The summed E-state index contributed by atoms with van der Waals surface area (Å²) in [6.45, 7) is 0. The van der Waals surface area contributed by atoms with Crippen molar-refractivity contribution >= 4 is 29.3 Å². The summed E-state index contributed by atoms with van der Waals surface area (Å²) in [5, 5.41) is 21.5. The van der Waals surface area contributed by atoms with Gasteiger partial charge in [-0.1, -0.05) is 0 Å². The lowest BCUT2D eigenvalue weighted by atomic mass is 10.1. The van der Waals surface area contributed by atoms with Gasteiger partial charge in [-0.25, -0.2) is 0 Å². The van der Waals surface area contributed by atoms with E-state index in [1.54, 1.807) is 24.3 Å². The third-order valence-electron chi connectivity index (χ3n) is 4.13. The van der Waals surface area contributed by atoms with Crippen LogP contribution in [0.15, 0.2) is 24.3 Å². The highest BCUT2D eigenvalue weighted by Crippen LogP contribution is 2.39. The van der Waals surface area contributed by atoms with Gasteiger partial charge in [0.25, 0.3) is 0 Å². The molecule has 8 heteroatoms. The summed E-state index contributed by atoms with van der Waals surface area (Å²) < 4.78 is 0. The number of carboxylic acids is 1. The van der Waals surface area contributed by atoms with Crippen molar-refractivity contribution in [2.45, 2.75) is 44.1 Å². The fraction of sp³-hybridized carbons (Fsp3) is 0.412. The molecule has 1 fully saturated rings. The molecule has 0 atom stereocenters. The topological polar surface area (TPSA) is 145 Å². The number of rotatable bonds is 9. The molecule has 2 rings (SSSR count). The average molecular weight is 346 g/mol. The van der Waals surface area contributed by atoms with Gasteiger partial charge in [-0.2, -0.15) is 0 Å². The van der Waals surface area contributed by atoms with E-state index in [2.05, 4.69) is 10.6 Å². The zero-order chi connectivity index (χ0) is 18.4. The third-order valence-corrected chi connectivity index (χ3v) is 4.13. The SMILES string of the molecule is N=C(N)c1ccc(NC(=O)CCC(=O)NC2(CCC(=O)O)CC2)cc1. The standard InChI is InChI=1S/C17H22N4O4/c18-16(19)11-1-3-12(4-2-11)20-13(22)5-6-14(23)21-17(9-10-17)8-7-15(24)25/h1-4H,5-10H2,(H3,18,19)(H,20,22)(H,21,23)(H,24,25). The number of carbonyl (C=O) groups is 3. The molecule has 2 amide bonds. The van der Waals surface area contributed by atoms with Crippen LogP contribution in [0.4, 0.5) is 5.69 Å². The lowest BCUT2D eigenvalue weighted by Crippen LogP contribution is -2.37. The minimum atomic E-state index is -0.879. The monoisotopic (exact) mass is 346 g/mol. The van der Waals surface area contributed by atoms with Crippen molar-refractivity contribution < 1.29 is 19.5 Å². The molecule has 1 aromatic carbocycles. The Kier molecular flexibility index (Phi) is 5.74. The first-order valence-electron chi connectivity index (χ1n) is 8.07. The molecule has 0 heterocycles. The fourth-order valence-corrected chi connectivity index (χ4v) is 2.48. The van der Waals surface area contributed by atoms with Gasteiger partial charge in [0, 0.05) is 36.1 Å². The second-order valence-electron chi connectivity index (χ2n) is 6.26. The highest BCUT2D eigenvalue weighted by molar-refractivity contribution is 5.96. The lowest BCUT2D eigenvalue weighted by Gasteiger charge is -2.16. The maximum absolute atomic E-state index is 11.9. The number of amides is 2. The van der Waals surface area contributed by atoms with Crippen molar-refractivity contribution in [2.75, 3.05) is 5.32 Å². The van der Waals surface area contributed by atoms with E-state index in [1.165, 1.54) is 0 Å². The van der Waals surface area contributed by atoms with E-state index in [-0.39, 0.29) is 36.9 Å². The number of nitrogen functional groups attached to an aromatic ring is 1. The zero-order valence-corrected chi connectivity index (χ0v) is 13.8. The number of nitrogens with two attached hydrogens (primary N) is 1. The maximum atomic E-state index is 11.9. The molecular weight excluding hydrogens is 324 g/mol. The summed E-state index contributed by atoms with van der Waals surface area (Å²) in [6, 6.07) is 6.54. The second-order valence-corrected chi connectivity index (χ2v) is 6.26. The summed E-state index contributed by atoms with van der Waals surface area (Å²) in [4.78, 5) is 34.5. The van der Waals surface area contributed by atoms with Crippen LogP contribution in [0.1, 0.15) is 44.1 Å². The van der Waals surface area contributed by atoms with E-state index in [1.807, 2.05) is 0 Å². The molecule has 1 saturated carbocycles. The normalized spacial score (nSPS) is 14.4. The highest BCUT2D eigenvalue weighted by Gasteiger charge is 2.43. The summed E-state index contributed by atoms with van der Waals surface area (Å²) in [5.41, 5.74) is 6.09. The molecular formula is C17H22N4O4. The molecule has 0 bridgehead atoms. The van der Waals surface area contributed by atoms with E-state index >= 15 is 0 Å². The van der Waals surface area contributed by atoms with Crippen LogP contribution in [0.2, 0.25) is 0 Å². The van der Waals surface area contributed by atoms with Gasteiger partial charge in [0.1, 0.15) is 5.84 Å². The van der Waals surface area contributed by atoms with Crippen molar-refractivity contribution in [1.29, 1.82) is 5.41 Å². The molecule has 0 unspecified atom stereocenters. The number of hydrogen-bond donors (Lipinski definition) is 5. The predicted octanol–water partition coefficient (Wildman–Crippen LogP) is 1.20. The number of carboxylic acid groups (broad SMARTS) is 1. The Balaban J connectivity index is 1.73. The first kappa shape index (κ1) is 18.4. The van der Waals surface area contributed by atoms with E-state index in [4.69, 9.17) is 16.2 Å². The van der Waals surface area contributed by atoms with Gasteiger partial charge >= 0.3 is 5.97 Å². The van der Waals surface area contributed by atoms with Crippen LogP contribution in [0.5, 0.6) is 0 Å². The maximum Gasteiger partial charge on any atom is 0.303 e. The molecule has 25 heavy (non-hydrogen) atoms. The molecule has 1 aliphatic carbocycles. The summed E-state index contributed by atoms with van der Waals surface area (Å²) in [6.07, 6.45) is 2.09. The van der Waals surface area contributed by atoms with E-state index in [0.29, 0.717) is 17.7 Å². The fourth-order valence-electron chi connectivity index (χ4n) is 2.48. The van der Waals surface area contributed by atoms with Crippen molar-refractivity contribution in [3.05, 3.63) is 29.8 Å². The van der Waals surface area contributed by atoms with Gasteiger partial charge in [0.15, 0.2) is 0 Å². The van der Waals surface area contributed by atoms with Crippen molar-refractivity contribution in [3.8, 4) is 0 Å². The smallest absolute Gasteiger partial charge is 0.303 e. The molecule has 0 radical (unpaired) electrons. The Bertz CT molecular complexity index is 680. The van der Waals surface area contributed by atoms with Crippen LogP contribution in [-0.4, -0.2) is 34.3 Å². The minimum absolute atomic E-state index is 0.0248. The van der Waals surface area contributed by atoms with Gasteiger partial charge in [-0.05, 0) is 43.5 Å². The molecule has 0 aromatic heterocycles. The summed E-state index contributed by atoms with van der Waals surface area (Å²) >= 11 is 0. The lowest BCUT2D eigenvalue weighted by molar-refractivity contribution is -0.137. The van der Waals surface area contributed by atoms with E-state index < -0.39 is 11.5 Å². The molecule has 134 valence electrons. The third kappa shape index (κ3) is 5.91. The Morgan fingerprint density at radius 3 is 2.20 bits per heavy atom. The van der Waals surface area contributed by atoms with Crippen LogP contribution in [0.3, 0.4) is 0 Å². The minimum Gasteiger partial charge on any atom is -0.481 e. The first-order valence-corrected chi connectivity index (χ1v) is 8.07. The molecule has 6 N–H and O–H groups in total. The van der Waals surface area contributed by atoms with Gasteiger partial charge in [-0.15, -0.1) is 0 Å². The molecule has 8 nitrogen and oxygen atoms in total.